The molecule has 0 aromatic rings. The highest BCUT2D eigenvalue weighted by atomic mass is 16.6. The van der Waals surface area contributed by atoms with E-state index < -0.39 is 23.4 Å². The fraction of sp³-hybridized carbons (Fsp3) is 0.875. The van der Waals surface area contributed by atoms with Crippen LogP contribution in [-0.2, 0) is 9.47 Å². The maximum atomic E-state index is 11.7. The molecule has 0 aliphatic heterocycles. The summed E-state index contributed by atoms with van der Waals surface area (Å²) >= 11 is 0. The van der Waals surface area contributed by atoms with Gasteiger partial charge >= 0.3 is 12.2 Å². The maximum Gasteiger partial charge on any atom is 0.407 e. The van der Waals surface area contributed by atoms with E-state index in [1.807, 2.05) is 41.5 Å². The first kappa shape index (κ1) is 21.5. The molecule has 7 nitrogen and oxygen atoms in total. The van der Waals surface area contributed by atoms with Crippen molar-refractivity contribution in [3.05, 3.63) is 0 Å². The Bertz CT molecular complexity index is 373. The van der Waals surface area contributed by atoms with Crippen LogP contribution < -0.4 is 16.4 Å². The van der Waals surface area contributed by atoms with Crippen LogP contribution in [0.4, 0.5) is 9.59 Å². The Morgan fingerprint density at radius 3 is 1.96 bits per heavy atom. The summed E-state index contributed by atoms with van der Waals surface area (Å²) in [5.74, 6) is 0. The topological polar surface area (TPSA) is 103 Å². The van der Waals surface area contributed by atoms with Crippen LogP contribution >= 0.6 is 0 Å². The second-order valence-corrected chi connectivity index (χ2v) is 7.50. The summed E-state index contributed by atoms with van der Waals surface area (Å²) in [5.41, 5.74) is 4.64. The lowest BCUT2D eigenvalue weighted by Gasteiger charge is -2.23. The summed E-state index contributed by atoms with van der Waals surface area (Å²) in [6.45, 7) is 11.8. The Labute approximate surface area is 139 Å². The lowest BCUT2D eigenvalue weighted by Crippen LogP contribution is -2.43. The third-order valence-corrected chi connectivity index (χ3v) is 2.65. The summed E-state index contributed by atoms with van der Waals surface area (Å²) in [7, 11) is 0. The number of nitrogens with one attached hydrogen (secondary N) is 2. The van der Waals surface area contributed by atoms with E-state index >= 15 is 0 Å². The molecule has 0 aliphatic carbocycles. The smallest absolute Gasteiger partial charge is 0.407 e. The Morgan fingerprint density at radius 2 is 1.48 bits per heavy atom. The summed E-state index contributed by atoms with van der Waals surface area (Å²) in [5, 5.41) is 5.45. The first-order valence-electron chi connectivity index (χ1n) is 8.09. The number of hydrogen-bond acceptors (Lipinski definition) is 5. The third kappa shape index (κ3) is 13.9. The minimum atomic E-state index is -0.527. The van der Waals surface area contributed by atoms with E-state index in [4.69, 9.17) is 15.2 Å². The molecular formula is C16H33N3O4. The van der Waals surface area contributed by atoms with Crippen LogP contribution in [0.1, 0.15) is 60.8 Å². The molecular weight excluding hydrogens is 298 g/mol. The highest BCUT2D eigenvalue weighted by molar-refractivity contribution is 5.68. The zero-order valence-corrected chi connectivity index (χ0v) is 15.3. The molecule has 1 atom stereocenters. The predicted octanol–water partition coefficient (Wildman–Crippen LogP) is 2.53. The van der Waals surface area contributed by atoms with Gasteiger partial charge in [0, 0.05) is 19.1 Å². The molecule has 136 valence electrons. The number of carbonyl (C=O) groups excluding carboxylic acids is 2. The van der Waals surface area contributed by atoms with Gasteiger partial charge in [0.1, 0.15) is 11.2 Å². The fourth-order valence-electron chi connectivity index (χ4n) is 1.74. The molecule has 0 spiro atoms. The van der Waals surface area contributed by atoms with E-state index in [9.17, 15) is 9.59 Å². The van der Waals surface area contributed by atoms with Crippen molar-refractivity contribution in [3.8, 4) is 0 Å². The molecule has 0 heterocycles. The quantitative estimate of drug-likeness (QED) is 0.622. The highest BCUT2D eigenvalue weighted by Gasteiger charge is 2.19. The molecule has 23 heavy (non-hydrogen) atoms. The zero-order valence-electron chi connectivity index (χ0n) is 15.3. The summed E-state index contributed by atoms with van der Waals surface area (Å²) < 4.78 is 10.3. The van der Waals surface area contributed by atoms with E-state index in [0.29, 0.717) is 13.1 Å². The average molecular weight is 331 g/mol. The largest absolute Gasteiger partial charge is 0.444 e. The maximum absolute atomic E-state index is 11.7. The second kappa shape index (κ2) is 9.60. The molecule has 0 aromatic carbocycles. The van der Waals surface area contributed by atoms with Crippen molar-refractivity contribution in [1.82, 2.24) is 10.6 Å². The van der Waals surface area contributed by atoms with Gasteiger partial charge in [-0.3, -0.25) is 0 Å². The van der Waals surface area contributed by atoms with Crippen LogP contribution in [0.5, 0.6) is 0 Å². The summed E-state index contributed by atoms with van der Waals surface area (Å²) in [6.07, 6.45) is 1.46. The number of ether oxygens (including phenoxy) is 2. The van der Waals surface area contributed by atoms with Crippen LogP contribution in [0.25, 0.3) is 0 Å². The van der Waals surface area contributed by atoms with E-state index in [0.717, 1.165) is 19.3 Å². The average Bonchev–Trinajstić information content (AvgIpc) is 2.32. The van der Waals surface area contributed by atoms with Crippen LogP contribution in [0, 0.1) is 0 Å². The van der Waals surface area contributed by atoms with Gasteiger partial charge in [0.15, 0.2) is 0 Å². The number of rotatable bonds is 7. The number of unbranched alkanes of at least 4 members (excludes halogenated alkanes) is 1. The third-order valence-electron chi connectivity index (χ3n) is 2.65. The van der Waals surface area contributed by atoms with Crippen molar-refractivity contribution in [2.24, 2.45) is 5.73 Å². The monoisotopic (exact) mass is 331 g/mol. The van der Waals surface area contributed by atoms with Gasteiger partial charge in [-0.2, -0.15) is 0 Å². The van der Waals surface area contributed by atoms with Gasteiger partial charge in [0.05, 0.1) is 0 Å². The Morgan fingerprint density at radius 1 is 0.957 bits per heavy atom. The molecule has 0 aliphatic rings. The predicted molar refractivity (Wildman–Crippen MR) is 90.3 cm³/mol. The molecule has 0 bridgehead atoms. The number of amides is 2. The minimum Gasteiger partial charge on any atom is -0.444 e. The van der Waals surface area contributed by atoms with Crippen molar-refractivity contribution in [3.63, 3.8) is 0 Å². The van der Waals surface area contributed by atoms with E-state index in [2.05, 4.69) is 10.6 Å². The molecule has 0 saturated carbocycles. The Balaban J connectivity index is 3.88. The van der Waals surface area contributed by atoms with Crippen molar-refractivity contribution in [2.45, 2.75) is 78.0 Å². The molecule has 0 aromatic heterocycles. The van der Waals surface area contributed by atoms with E-state index in [1.165, 1.54) is 0 Å². The van der Waals surface area contributed by atoms with Crippen molar-refractivity contribution >= 4 is 12.2 Å². The SMILES string of the molecule is CC(C)(C)OC(=O)NCCCC[C@@H](CN)NC(=O)OC(C)(C)C. The zero-order chi connectivity index (χ0) is 18.1. The number of carbonyl (C=O) groups is 2. The molecule has 0 unspecified atom stereocenters. The molecule has 4 N–H and O–H groups in total. The van der Waals surface area contributed by atoms with Crippen LogP contribution in [-0.4, -0.2) is 42.5 Å². The van der Waals surface area contributed by atoms with Crippen LogP contribution in [0.2, 0.25) is 0 Å². The minimum absolute atomic E-state index is 0.133. The normalized spacial score (nSPS) is 13.2. The molecule has 0 fully saturated rings. The second-order valence-electron chi connectivity index (χ2n) is 7.50. The highest BCUT2D eigenvalue weighted by Crippen LogP contribution is 2.08. The van der Waals surface area contributed by atoms with Crippen LogP contribution in [0.3, 0.4) is 0 Å². The number of hydrogen-bond donors (Lipinski definition) is 3. The van der Waals surface area contributed by atoms with Crippen molar-refractivity contribution in [2.75, 3.05) is 13.1 Å². The molecule has 7 heteroatoms. The van der Waals surface area contributed by atoms with Gasteiger partial charge in [-0.15, -0.1) is 0 Å². The summed E-state index contributed by atoms with van der Waals surface area (Å²) in [4.78, 5) is 23.1. The first-order chi connectivity index (χ1) is 10.4. The van der Waals surface area contributed by atoms with Gasteiger partial charge in [0.25, 0.3) is 0 Å². The first-order valence-corrected chi connectivity index (χ1v) is 8.09. The standard InChI is InChI=1S/C16H33N3O4/c1-15(2,3)22-13(20)18-10-8-7-9-12(11-17)19-14(21)23-16(4,5)6/h12H,7-11,17H2,1-6H3,(H,18,20)(H,19,21)/t12-/m0/s1. The van der Waals surface area contributed by atoms with Gasteiger partial charge in [-0.1, -0.05) is 0 Å². The Hall–Kier alpha value is -1.50. The molecule has 0 radical (unpaired) electrons. The number of nitrogens with two attached hydrogens (primary N) is 1. The van der Waals surface area contributed by atoms with Gasteiger partial charge in [-0.25, -0.2) is 9.59 Å². The van der Waals surface area contributed by atoms with E-state index in [1.54, 1.807) is 0 Å². The van der Waals surface area contributed by atoms with Crippen LogP contribution in [0.15, 0.2) is 0 Å². The molecule has 2 amide bonds. The lowest BCUT2D eigenvalue weighted by molar-refractivity contribution is 0.0501. The van der Waals surface area contributed by atoms with Gasteiger partial charge in [-0.05, 0) is 60.8 Å². The number of alkyl carbamates (subject to hydrolysis) is 2. The molecule has 0 rings (SSSR count). The van der Waals surface area contributed by atoms with Crippen molar-refractivity contribution in [1.29, 1.82) is 0 Å². The summed E-state index contributed by atoms with van der Waals surface area (Å²) in [6, 6.07) is -0.133. The van der Waals surface area contributed by atoms with Crippen molar-refractivity contribution < 1.29 is 19.1 Å². The fourth-order valence-corrected chi connectivity index (χ4v) is 1.74. The van der Waals surface area contributed by atoms with E-state index in [-0.39, 0.29) is 6.04 Å². The van der Waals surface area contributed by atoms with Gasteiger partial charge in [0.2, 0.25) is 0 Å². The lowest BCUT2D eigenvalue weighted by atomic mass is 10.1. The Kier molecular flexibility index (Phi) is 8.97. The van der Waals surface area contributed by atoms with Gasteiger partial charge < -0.3 is 25.8 Å². The molecule has 0 saturated heterocycles.